The lowest BCUT2D eigenvalue weighted by Gasteiger charge is -2.13. The molecule has 1 heterocycles. The first kappa shape index (κ1) is 18.9. The number of Topliss-reactive ketones (excluding diaryl/α,β-unsaturated/α-hetero) is 1. The third-order valence-corrected chi connectivity index (χ3v) is 4.23. The summed E-state index contributed by atoms with van der Waals surface area (Å²) in [6.45, 7) is 0. The largest absolute Gasteiger partial charge is 0.497 e. The Bertz CT molecular complexity index is 764. The van der Waals surface area contributed by atoms with Crippen LogP contribution in [0, 0.1) is 17.8 Å². The van der Waals surface area contributed by atoms with E-state index >= 15 is 0 Å². The minimum atomic E-state index is -4.59. The van der Waals surface area contributed by atoms with Gasteiger partial charge < -0.3 is 9.47 Å². The Hall–Kier alpha value is -2.46. The summed E-state index contributed by atoms with van der Waals surface area (Å²) in [5.41, 5.74) is 0.314. The summed E-state index contributed by atoms with van der Waals surface area (Å²) in [6, 6.07) is 7.72. The number of methoxy groups -OCH3 is 2. The zero-order chi connectivity index (χ0) is 18.4. The van der Waals surface area contributed by atoms with Crippen LogP contribution in [0.3, 0.4) is 0 Å². The number of ketones is 1. The van der Waals surface area contributed by atoms with Crippen LogP contribution in [0.25, 0.3) is 0 Å². The fraction of sp³-hybridized carbons (Fsp3) is 0.278. The minimum absolute atomic E-state index is 0.291. The van der Waals surface area contributed by atoms with Gasteiger partial charge in [0.25, 0.3) is 0 Å². The SMILES string of the molecule is COc1cc(C#C[C@H](CC(=O)c2cccs2)C(F)(F)F)cc(OC)c1. The second-order valence-corrected chi connectivity index (χ2v) is 6.02. The predicted molar refractivity (Wildman–Crippen MR) is 89.2 cm³/mol. The Kier molecular flexibility index (Phi) is 6.10. The average molecular weight is 368 g/mol. The maximum Gasteiger partial charge on any atom is 0.402 e. The fourth-order valence-corrected chi connectivity index (χ4v) is 2.70. The van der Waals surface area contributed by atoms with Crippen LogP contribution in [-0.2, 0) is 0 Å². The van der Waals surface area contributed by atoms with Crippen molar-refractivity contribution in [2.24, 2.45) is 5.92 Å². The number of halogens is 3. The molecule has 0 radical (unpaired) electrons. The number of hydrogen-bond donors (Lipinski definition) is 0. The van der Waals surface area contributed by atoms with Crippen LogP contribution in [0.15, 0.2) is 35.7 Å². The van der Waals surface area contributed by atoms with Gasteiger partial charge in [-0.25, -0.2) is 0 Å². The van der Waals surface area contributed by atoms with Gasteiger partial charge in [0.2, 0.25) is 0 Å². The van der Waals surface area contributed by atoms with Gasteiger partial charge in [-0.2, -0.15) is 13.2 Å². The summed E-state index contributed by atoms with van der Waals surface area (Å²) < 4.78 is 49.8. The van der Waals surface area contributed by atoms with Gasteiger partial charge in [0, 0.05) is 18.1 Å². The molecule has 2 aromatic rings. The molecular weight excluding hydrogens is 353 g/mol. The van der Waals surface area contributed by atoms with Crippen molar-refractivity contribution in [3.05, 3.63) is 46.2 Å². The molecule has 1 aromatic heterocycles. The van der Waals surface area contributed by atoms with Crippen LogP contribution in [0.2, 0.25) is 0 Å². The van der Waals surface area contributed by atoms with E-state index in [0.29, 0.717) is 21.9 Å². The number of rotatable bonds is 5. The van der Waals surface area contributed by atoms with Crippen molar-refractivity contribution in [3.63, 3.8) is 0 Å². The highest BCUT2D eigenvalue weighted by molar-refractivity contribution is 7.12. The van der Waals surface area contributed by atoms with Crippen molar-refractivity contribution in [3.8, 4) is 23.3 Å². The zero-order valence-electron chi connectivity index (χ0n) is 13.5. The quantitative estimate of drug-likeness (QED) is 0.573. The molecule has 0 aliphatic rings. The van der Waals surface area contributed by atoms with Crippen molar-refractivity contribution in [2.75, 3.05) is 14.2 Å². The van der Waals surface area contributed by atoms with E-state index < -0.39 is 24.3 Å². The van der Waals surface area contributed by atoms with E-state index in [1.54, 1.807) is 17.5 Å². The summed E-state index contributed by atoms with van der Waals surface area (Å²) in [4.78, 5) is 12.3. The monoisotopic (exact) mass is 368 g/mol. The van der Waals surface area contributed by atoms with Gasteiger partial charge in [-0.05, 0) is 23.6 Å². The number of carbonyl (C=O) groups excluding carboxylic acids is 1. The van der Waals surface area contributed by atoms with Gasteiger partial charge in [0.05, 0.1) is 19.1 Å². The fourth-order valence-electron chi connectivity index (χ4n) is 2.02. The van der Waals surface area contributed by atoms with Crippen molar-refractivity contribution < 1.29 is 27.4 Å². The first-order valence-corrected chi connectivity index (χ1v) is 8.09. The Balaban J connectivity index is 2.27. The molecular formula is C18H15F3O3S. The zero-order valence-corrected chi connectivity index (χ0v) is 14.3. The molecule has 0 spiro atoms. The molecule has 0 amide bonds. The molecule has 2 rings (SSSR count). The standard InChI is InChI=1S/C18H15F3O3S/c1-23-14-8-12(9-15(11-14)24-2)5-6-13(18(19,20)21)10-16(22)17-4-3-7-25-17/h3-4,7-9,11,13H,10H2,1-2H3/t13-/m1/s1. The van der Waals surface area contributed by atoms with Gasteiger partial charge in [-0.1, -0.05) is 17.9 Å². The molecule has 0 saturated heterocycles. The van der Waals surface area contributed by atoms with E-state index in [1.807, 2.05) is 0 Å². The van der Waals surface area contributed by atoms with Gasteiger partial charge in [0.15, 0.2) is 5.78 Å². The van der Waals surface area contributed by atoms with E-state index in [4.69, 9.17) is 9.47 Å². The molecule has 0 bridgehead atoms. The molecule has 25 heavy (non-hydrogen) atoms. The van der Waals surface area contributed by atoms with E-state index in [9.17, 15) is 18.0 Å². The lowest BCUT2D eigenvalue weighted by atomic mass is 10.0. The van der Waals surface area contributed by atoms with Gasteiger partial charge >= 0.3 is 6.18 Å². The van der Waals surface area contributed by atoms with E-state index in [1.165, 1.54) is 32.4 Å². The maximum absolute atomic E-state index is 13.2. The normalized spacial score (nSPS) is 12.0. The van der Waals surface area contributed by atoms with Crippen molar-refractivity contribution in [2.45, 2.75) is 12.6 Å². The maximum atomic E-state index is 13.2. The first-order valence-electron chi connectivity index (χ1n) is 7.21. The predicted octanol–water partition coefficient (Wildman–Crippen LogP) is 4.57. The minimum Gasteiger partial charge on any atom is -0.497 e. The smallest absolute Gasteiger partial charge is 0.402 e. The van der Waals surface area contributed by atoms with Crippen LogP contribution in [-0.4, -0.2) is 26.2 Å². The number of alkyl halides is 3. The Morgan fingerprint density at radius 2 is 1.84 bits per heavy atom. The lowest BCUT2D eigenvalue weighted by Crippen LogP contribution is -2.24. The number of carbonyl (C=O) groups is 1. The Morgan fingerprint density at radius 1 is 1.20 bits per heavy atom. The highest BCUT2D eigenvalue weighted by atomic mass is 32.1. The first-order chi connectivity index (χ1) is 11.8. The highest BCUT2D eigenvalue weighted by Gasteiger charge is 2.40. The van der Waals surface area contributed by atoms with Crippen LogP contribution in [0.1, 0.15) is 21.7 Å². The second-order valence-electron chi connectivity index (χ2n) is 5.07. The van der Waals surface area contributed by atoms with Crippen LogP contribution >= 0.6 is 11.3 Å². The molecule has 1 atom stereocenters. The van der Waals surface area contributed by atoms with Gasteiger partial charge in [0.1, 0.15) is 17.4 Å². The topological polar surface area (TPSA) is 35.5 Å². The van der Waals surface area contributed by atoms with Gasteiger partial charge in [-0.15, -0.1) is 11.3 Å². The van der Waals surface area contributed by atoms with E-state index in [-0.39, 0.29) is 0 Å². The van der Waals surface area contributed by atoms with Crippen molar-refractivity contribution >= 4 is 17.1 Å². The van der Waals surface area contributed by atoms with Crippen molar-refractivity contribution in [1.82, 2.24) is 0 Å². The molecule has 0 N–H and O–H groups in total. The Morgan fingerprint density at radius 3 is 2.32 bits per heavy atom. The summed E-state index contributed by atoms with van der Waals surface area (Å²) in [5.74, 6) is 2.86. The lowest BCUT2D eigenvalue weighted by molar-refractivity contribution is -0.157. The Labute approximate surface area is 147 Å². The molecule has 0 unspecified atom stereocenters. The van der Waals surface area contributed by atoms with E-state index in [0.717, 1.165) is 11.3 Å². The highest BCUT2D eigenvalue weighted by Crippen LogP contribution is 2.30. The van der Waals surface area contributed by atoms with E-state index in [2.05, 4.69) is 11.8 Å². The summed E-state index contributed by atoms with van der Waals surface area (Å²) in [6.07, 6.45) is -5.30. The molecule has 3 nitrogen and oxygen atoms in total. The average Bonchev–Trinajstić information content (AvgIpc) is 3.11. The third-order valence-electron chi connectivity index (χ3n) is 3.32. The summed E-state index contributed by atoms with van der Waals surface area (Å²) >= 11 is 1.11. The molecule has 0 saturated carbocycles. The number of hydrogen-bond acceptors (Lipinski definition) is 4. The molecule has 0 fully saturated rings. The van der Waals surface area contributed by atoms with Crippen molar-refractivity contribution in [1.29, 1.82) is 0 Å². The number of ether oxygens (including phenoxy) is 2. The molecule has 0 aliphatic heterocycles. The number of thiophene rings is 1. The third kappa shape index (κ3) is 5.26. The summed E-state index contributed by atoms with van der Waals surface area (Å²) in [5, 5.41) is 1.64. The second kappa shape index (κ2) is 8.08. The molecule has 0 aliphatic carbocycles. The van der Waals surface area contributed by atoms with Crippen LogP contribution in [0.5, 0.6) is 11.5 Å². The molecule has 132 valence electrons. The van der Waals surface area contributed by atoms with Gasteiger partial charge in [-0.3, -0.25) is 4.79 Å². The summed E-state index contributed by atoms with van der Waals surface area (Å²) in [7, 11) is 2.87. The van der Waals surface area contributed by atoms with Crippen LogP contribution in [0.4, 0.5) is 13.2 Å². The van der Waals surface area contributed by atoms with Crippen LogP contribution < -0.4 is 9.47 Å². The number of benzene rings is 1. The molecule has 7 heteroatoms. The molecule has 1 aromatic carbocycles.